The van der Waals surface area contributed by atoms with E-state index in [2.05, 4.69) is 20.3 Å². The molecule has 2 rings (SSSR count). The number of guanidine groups is 1. The Labute approximate surface area is 165 Å². The lowest BCUT2D eigenvalue weighted by Gasteiger charge is -2.12. The molecule has 1 aliphatic heterocycles. The van der Waals surface area contributed by atoms with Crippen molar-refractivity contribution in [3.05, 3.63) is 17.5 Å². The molecular weight excluding hydrogens is 388 g/mol. The van der Waals surface area contributed by atoms with Crippen LogP contribution in [-0.2, 0) is 19.5 Å². The van der Waals surface area contributed by atoms with Gasteiger partial charge >= 0.3 is 0 Å². The Morgan fingerprint density at radius 2 is 2.30 bits per heavy atom. The average Bonchev–Trinajstić information content (AvgIpc) is 3.35. The molecule has 1 aliphatic rings. The summed E-state index contributed by atoms with van der Waals surface area (Å²) >= 11 is 1.20. The first-order chi connectivity index (χ1) is 13.1. The van der Waals surface area contributed by atoms with Crippen molar-refractivity contribution in [2.45, 2.75) is 24.0 Å². The van der Waals surface area contributed by atoms with E-state index < -0.39 is 10.0 Å². The Hall–Kier alpha value is -1.20. The number of nitrogens with zero attached hydrogens (tertiary/aromatic N) is 1. The predicted octanol–water partition coefficient (Wildman–Crippen LogP) is 1.02. The van der Waals surface area contributed by atoms with Crippen LogP contribution in [0.1, 0.15) is 19.8 Å². The molecule has 0 saturated carbocycles. The lowest BCUT2D eigenvalue weighted by molar-refractivity contribution is 0.0893. The van der Waals surface area contributed by atoms with E-state index in [4.69, 9.17) is 9.47 Å². The maximum atomic E-state index is 12.0. The Morgan fingerprint density at radius 1 is 1.41 bits per heavy atom. The number of sulfonamides is 1. The molecule has 2 heterocycles. The van der Waals surface area contributed by atoms with Gasteiger partial charge in [-0.2, -0.15) is 0 Å². The standard InChI is InChI=1S/C17H30N4O4S2/c1-2-18-17(19-7-4-10-24-13-15-6-11-25-14-15)20-8-9-21-27(22,23)16-5-3-12-26-16/h3,5,12,15,21H,2,4,6-11,13-14H2,1H3,(H2,18,19,20). The maximum absolute atomic E-state index is 12.0. The highest BCUT2D eigenvalue weighted by Gasteiger charge is 2.15. The van der Waals surface area contributed by atoms with Gasteiger partial charge in [-0.1, -0.05) is 6.07 Å². The van der Waals surface area contributed by atoms with E-state index in [1.807, 2.05) is 6.92 Å². The molecule has 1 saturated heterocycles. The fourth-order valence-electron chi connectivity index (χ4n) is 2.52. The minimum atomic E-state index is -3.42. The van der Waals surface area contributed by atoms with Gasteiger partial charge in [0.1, 0.15) is 4.21 Å². The van der Waals surface area contributed by atoms with Gasteiger partial charge in [0.05, 0.1) is 13.2 Å². The zero-order valence-electron chi connectivity index (χ0n) is 15.8. The summed E-state index contributed by atoms with van der Waals surface area (Å²) in [5, 5.41) is 8.03. The number of ether oxygens (including phenoxy) is 2. The van der Waals surface area contributed by atoms with E-state index in [1.165, 1.54) is 11.3 Å². The zero-order chi connectivity index (χ0) is 19.4. The number of rotatable bonds is 12. The number of hydrogen-bond acceptors (Lipinski definition) is 6. The summed E-state index contributed by atoms with van der Waals surface area (Å²) in [6, 6.07) is 3.31. The van der Waals surface area contributed by atoms with Gasteiger partial charge in [0.25, 0.3) is 0 Å². The molecule has 0 spiro atoms. The largest absolute Gasteiger partial charge is 0.381 e. The molecule has 1 unspecified atom stereocenters. The molecule has 0 aromatic carbocycles. The fourth-order valence-corrected chi connectivity index (χ4v) is 4.59. The van der Waals surface area contributed by atoms with Gasteiger partial charge in [-0.05, 0) is 31.2 Å². The van der Waals surface area contributed by atoms with Crippen LogP contribution < -0.4 is 15.4 Å². The summed E-state index contributed by atoms with van der Waals surface area (Å²) in [7, 11) is -3.42. The van der Waals surface area contributed by atoms with Crippen molar-refractivity contribution in [2.75, 3.05) is 52.6 Å². The molecule has 1 aromatic rings. The Morgan fingerprint density at radius 3 is 3.00 bits per heavy atom. The van der Waals surface area contributed by atoms with Crippen LogP contribution in [0, 0.1) is 5.92 Å². The monoisotopic (exact) mass is 418 g/mol. The van der Waals surface area contributed by atoms with Crippen LogP contribution in [-0.4, -0.2) is 67.0 Å². The molecule has 1 fully saturated rings. The van der Waals surface area contributed by atoms with Gasteiger partial charge in [0.15, 0.2) is 5.96 Å². The second-order valence-electron chi connectivity index (χ2n) is 6.18. The normalized spacial score (nSPS) is 18.0. The van der Waals surface area contributed by atoms with Crippen LogP contribution in [0.25, 0.3) is 0 Å². The SMILES string of the molecule is CCNC(=NCCCOCC1CCOC1)NCCNS(=O)(=O)c1cccs1. The minimum Gasteiger partial charge on any atom is -0.381 e. The lowest BCUT2D eigenvalue weighted by Crippen LogP contribution is -2.41. The first-order valence-corrected chi connectivity index (χ1v) is 11.7. The molecular formula is C17H30N4O4S2. The van der Waals surface area contributed by atoms with E-state index in [0.717, 1.165) is 39.2 Å². The predicted molar refractivity (Wildman–Crippen MR) is 108 cm³/mol. The van der Waals surface area contributed by atoms with Gasteiger partial charge in [0, 0.05) is 45.3 Å². The molecule has 154 valence electrons. The van der Waals surface area contributed by atoms with Crippen molar-refractivity contribution < 1.29 is 17.9 Å². The molecule has 0 bridgehead atoms. The summed E-state index contributed by atoms with van der Waals surface area (Å²) < 4.78 is 38.0. The van der Waals surface area contributed by atoms with Crippen molar-refractivity contribution in [1.29, 1.82) is 0 Å². The summed E-state index contributed by atoms with van der Waals surface area (Å²) in [4.78, 5) is 4.48. The minimum absolute atomic E-state index is 0.289. The third-order valence-electron chi connectivity index (χ3n) is 3.91. The number of thiophene rings is 1. The fraction of sp³-hybridized carbons (Fsp3) is 0.706. The highest BCUT2D eigenvalue weighted by molar-refractivity contribution is 7.91. The number of aliphatic imine (C=N–C) groups is 1. The summed E-state index contributed by atoms with van der Waals surface area (Å²) in [5.41, 5.74) is 0. The van der Waals surface area contributed by atoms with Crippen LogP contribution in [0.3, 0.4) is 0 Å². The van der Waals surface area contributed by atoms with Gasteiger partial charge < -0.3 is 20.1 Å². The summed E-state index contributed by atoms with van der Waals surface area (Å²) in [6.45, 7) is 7.21. The summed E-state index contributed by atoms with van der Waals surface area (Å²) in [6.07, 6.45) is 1.93. The molecule has 27 heavy (non-hydrogen) atoms. The quantitative estimate of drug-likeness (QED) is 0.266. The molecule has 3 N–H and O–H groups in total. The van der Waals surface area contributed by atoms with Crippen molar-refractivity contribution in [3.63, 3.8) is 0 Å². The van der Waals surface area contributed by atoms with E-state index in [0.29, 0.717) is 35.8 Å². The van der Waals surface area contributed by atoms with Crippen LogP contribution in [0.2, 0.25) is 0 Å². The summed E-state index contributed by atoms with van der Waals surface area (Å²) in [5.74, 6) is 1.21. The second-order valence-corrected chi connectivity index (χ2v) is 9.12. The van der Waals surface area contributed by atoms with Gasteiger partial charge in [-0.3, -0.25) is 4.99 Å². The van der Waals surface area contributed by atoms with Crippen LogP contribution in [0.5, 0.6) is 0 Å². The van der Waals surface area contributed by atoms with Crippen molar-refractivity contribution >= 4 is 27.3 Å². The highest BCUT2D eigenvalue weighted by atomic mass is 32.2. The first kappa shape index (κ1) is 22.1. The van der Waals surface area contributed by atoms with Gasteiger partial charge in [-0.25, -0.2) is 13.1 Å². The van der Waals surface area contributed by atoms with Gasteiger partial charge in [0.2, 0.25) is 10.0 Å². The highest BCUT2D eigenvalue weighted by Crippen LogP contribution is 2.14. The van der Waals surface area contributed by atoms with Crippen molar-refractivity contribution in [3.8, 4) is 0 Å². The average molecular weight is 419 g/mol. The van der Waals surface area contributed by atoms with E-state index >= 15 is 0 Å². The topological polar surface area (TPSA) is 101 Å². The molecule has 0 amide bonds. The van der Waals surface area contributed by atoms with Crippen LogP contribution in [0.15, 0.2) is 26.7 Å². The van der Waals surface area contributed by atoms with E-state index in [1.54, 1.807) is 17.5 Å². The van der Waals surface area contributed by atoms with E-state index in [9.17, 15) is 8.42 Å². The number of nitrogens with one attached hydrogen (secondary N) is 3. The maximum Gasteiger partial charge on any atom is 0.250 e. The Kier molecular flexibility index (Phi) is 10.1. The molecule has 1 aromatic heterocycles. The van der Waals surface area contributed by atoms with Crippen LogP contribution >= 0.6 is 11.3 Å². The molecule has 1 atom stereocenters. The molecule has 8 nitrogen and oxygen atoms in total. The first-order valence-electron chi connectivity index (χ1n) is 9.32. The third-order valence-corrected chi connectivity index (χ3v) is 6.77. The second kappa shape index (κ2) is 12.3. The molecule has 0 aliphatic carbocycles. The zero-order valence-corrected chi connectivity index (χ0v) is 17.4. The van der Waals surface area contributed by atoms with Gasteiger partial charge in [-0.15, -0.1) is 11.3 Å². The molecule has 10 heteroatoms. The van der Waals surface area contributed by atoms with Crippen LogP contribution in [0.4, 0.5) is 0 Å². The Bertz CT molecular complexity index is 644. The van der Waals surface area contributed by atoms with Crippen molar-refractivity contribution in [2.24, 2.45) is 10.9 Å². The van der Waals surface area contributed by atoms with E-state index in [-0.39, 0.29) is 6.54 Å². The molecule has 0 radical (unpaired) electrons. The lowest BCUT2D eigenvalue weighted by atomic mass is 10.1. The third kappa shape index (κ3) is 8.56. The number of hydrogen-bond donors (Lipinski definition) is 3. The Balaban J connectivity index is 1.59. The van der Waals surface area contributed by atoms with Crippen molar-refractivity contribution in [1.82, 2.24) is 15.4 Å². The smallest absolute Gasteiger partial charge is 0.250 e.